The molecule has 11 nitrogen and oxygen atoms in total. The molecule has 3 aliphatic rings. The lowest BCUT2D eigenvalue weighted by molar-refractivity contribution is 0.0295. The summed E-state index contributed by atoms with van der Waals surface area (Å²) < 4.78 is 7.47. The summed E-state index contributed by atoms with van der Waals surface area (Å²) in [7, 11) is 0. The number of aromatic nitrogens is 4. The van der Waals surface area contributed by atoms with Gasteiger partial charge in [-0.2, -0.15) is 4.98 Å². The Morgan fingerprint density at radius 3 is 2.50 bits per heavy atom. The van der Waals surface area contributed by atoms with Crippen molar-refractivity contribution in [1.29, 1.82) is 0 Å². The number of piperidine rings is 1. The molecule has 1 amide bonds. The summed E-state index contributed by atoms with van der Waals surface area (Å²) in [4.78, 5) is 31.7. The van der Waals surface area contributed by atoms with Crippen molar-refractivity contribution in [1.82, 2.24) is 29.8 Å². The second-order valence-corrected chi connectivity index (χ2v) is 9.50. The minimum atomic E-state index is 0.0153. The molecule has 0 radical (unpaired) electrons. The second-order valence-electron chi connectivity index (χ2n) is 9.50. The van der Waals surface area contributed by atoms with E-state index in [0.29, 0.717) is 43.8 Å². The number of morpholine rings is 1. The number of hydrogen-bond acceptors (Lipinski definition) is 9. The molecule has 3 saturated heterocycles. The van der Waals surface area contributed by atoms with Crippen LogP contribution in [0, 0.1) is 0 Å². The molecule has 3 aliphatic heterocycles. The number of nitrogens with one attached hydrogen (secondary N) is 2. The van der Waals surface area contributed by atoms with Gasteiger partial charge in [0.1, 0.15) is 11.5 Å². The van der Waals surface area contributed by atoms with E-state index in [1.54, 1.807) is 6.20 Å². The number of ether oxygens (including phenoxy) is 1. The van der Waals surface area contributed by atoms with Gasteiger partial charge in [0, 0.05) is 63.9 Å². The molecule has 3 fully saturated rings. The van der Waals surface area contributed by atoms with Crippen molar-refractivity contribution in [2.24, 2.45) is 0 Å². The first kappa shape index (κ1) is 23.0. The predicted octanol–water partition coefficient (Wildman–Crippen LogP) is 1.57. The van der Waals surface area contributed by atoms with Crippen LogP contribution in [0.25, 0.3) is 11.0 Å². The highest BCUT2D eigenvalue weighted by Crippen LogP contribution is 2.24. The van der Waals surface area contributed by atoms with Gasteiger partial charge in [-0.15, -0.1) is 0 Å². The van der Waals surface area contributed by atoms with Crippen molar-refractivity contribution in [3.05, 3.63) is 36.3 Å². The third kappa shape index (κ3) is 4.68. The topological polar surface area (TPSA) is 104 Å². The van der Waals surface area contributed by atoms with Crippen molar-refractivity contribution in [2.45, 2.75) is 19.3 Å². The molecule has 0 aromatic carbocycles. The number of carbonyl (C=O) groups is 1. The number of hydrogen-bond donors (Lipinski definition) is 2. The smallest absolute Gasteiger partial charge is 0.272 e. The minimum Gasteiger partial charge on any atom is -0.378 e. The van der Waals surface area contributed by atoms with Crippen LogP contribution in [0.5, 0.6) is 0 Å². The van der Waals surface area contributed by atoms with Gasteiger partial charge in [-0.1, -0.05) is 0 Å². The molecule has 2 N–H and O–H groups in total. The quantitative estimate of drug-likeness (QED) is 0.550. The number of nitrogens with zero attached hydrogens (tertiary/aromatic N) is 7. The van der Waals surface area contributed by atoms with Gasteiger partial charge in [0.15, 0.2) is 5.65 Å². The molecule has 0 saturated carbocycles. The molecule has 36 heavy (non-hydrogen) atoms. The molecule has 6 heterocycles. The normalized spacial score (nSPS) is 19.1. The molecular weight excluding hydrogens is 458 g/mol. The van der Waals surface area contributed by atoms with Gasteiger partial charge in [0.05, 0.1) is 25.1 Å². The van der Waals surface area contributed by atoms with Crippen molar-refractivity contribution in [3.8, 4) is 0 Å². The summed E-state index contributed by atoms with van der Waals surface area (Å²) in [5.41, 5.74) is 2.49. The molecule has 0 bridgehead atoms. The standard InChI is InChI=1S/C25H33N9O2/c35-24(32-12-14-36-15-13-32)21-16-19-17-28-25(30-23(19)34(21)33-8-2-1-3-9-33)29-22-5-4-20(18-27-22)31-10-6-26-7-11-31/h4-5,16-18,26H,1-3,6-15H2,(H,27,28,29,30). The first-order valence-electron chi connectivity index (χ1n) is 13.0. The lowest BCUT2D eigenvalue weighted by atomic mass is 10.2. The van der Waals surface area contributed by atoms with Gasteiger partial charge in [0.25, 0.3) is 5.91 Å². The van der Waals surface area contributed by atoms with Gasteiger partial charge in [0.2, 0.25) is 5.95 Å². The number of amides is 1. The Morgan fingerprint density at radius 1 is 0.944 bits per heavy atom. The molecule has 0 aliphatic carbocycles. The maximum Gasteiger partial charge on any atom is 0.272 e. The van der Waals surface area contributed by atoms with Crippen molar-refractivity contribution in [2.75, 3.05) is 80.8 Å². The number of carbonyl (C=O) groups excluding carboxylic acids is 1. The van der Waals surface area contributed by atoms with E-state index in [9.17, 15) is 4.79 Å². The fraction of sp³-hybridized carbons (Fsp3) is 0.520. The number of piperazine rings is 1. The molecule has 0 unspecified atom stereocenters. The summed E-state index contributed by atoms with van der Waals surface area (Å²) >= 11 is 0. The monoisotopic (exact) mass is 491 g/mol. The predicted molar refractivity (Wildman–Crippen MR) is 139 cm³/mol. The van der Waals surface area contributed by atoms with Crippen LogP contribution in [0.1, 0.15) is 29.8 Å². The average molecular weight is 492 g/mol. The van der Waals surface area contributed by atoms with Gasteiger partial charge in [-0.3, -0.25) is 4.79 Å². The average Bonchev–Trinajstić information content (AvgIpc) is 3.33. The van der Waals surface area contributed by atoms with E-state index < -0.39 is 0 Å². The van der Waals surface area contributed by atoms with E-state index in [4.69, 9.17) is 9.72 Å². The molecule has 3 aromatic rings. The zero-order valence-electron chi connectivity index (χ0n) is 20.5. The molecule has 0 spiro atoms. The van der Waals surface area contributed by atoms with E-state index in [-0.39, 0.29) is 5.91 Å². The molecule has 11 heteroatoms. The Labute approximate surface area is 210 Å². The largest absolute Gasteiger partial charge is 0.378 e. The van der Waals surface area contributed by atoms with Crippen LogP contribution in [-0.2, 0) is 4.74 Å². The zero-order valence-corrected chi connectivity index (χ0v) is 20.5. The zero-order chi connectivity index (χ0) is 24.3. The second kappa shape index (κ2) is 10.3. The lowest BCUT2D eigenvalue weighted by Crippen LogP contribution is -2.45. The van der Waals surface area contributed by atoms with Crippen LogP contribution in [0.3, 0.4) is 0 Å². The van der Waals surface area contributed by atoms with Crippen LogP contribution in [0.15, 0.2) is 30.6 Å². The number of pyridine rings is 1. The molecule has 190 valence electrons. The highest BCUT2D eigenvalue weighted by Gasteiger charge is 2.27. The van der Waals surface area contributed by atoms with Crippen LogP contribution >= 0.6 is 0 Å². The first-order chi connectivity index (χ1) is 17.8. The SMILES string of the molecule is O=C(c1cc2cnc(Nc3ccc(N4CCNCC4)cn3)nc2n1N1CCCCC1)N1CCOCC1. The minimum absolute atomic E-state index is 0.0153. The summed E-state index contributed by atoms with van der Waals surface area (Å²) in [6, 6.07) is 5.96. The van der Waals surface area contributed by atoms with Crippen LogP contribution in [0.4, 0.5) is 17.5 Å². The summed E-state index contributed by atoms with van der Waals surface area (Å²) in [6.45, 7) is 8.09. The van der Waals surface area contributed by atoms with E-state index in [1.165, 1.54) is 6.42 Å². The highest BCUT2D eigenvalue weighted by molar-refractivity contribution is 5.98. The number of fused-ring (bicyclic) bond motifs is 1. The highest BCUT2D eigenvalue weighted by atomic mass is 16.5. The van der Waals surface area contributed by atoms with Crippen LogP contribution in [-0.4, -0.2) is 96.0 Å². The van der Waals surface area contributed by atoms with E-state index in [0.717, 1.165) is 68.8 Å². The fourth-order valence-electron chi connectivity index (χ4n) is 5.17. The molecular formula is C25H33N9O2. The maximum absolute atomic E-state index is 13.5. The third-order valence-electron chi connectivity index (χ3n) is 7.12. The van der Waals surface area contributed by atoms with Crippen molar-refractivity contribution >= 4 is 34.4 Å². The molecule has 0 atom stereocenters. The first-order valence-corrected chi connectivity index (χ1v) is 13.0. The Morgan fingerprint density at radius 2 is 1.75 bits per heavy atom. The third-order valence-corrected chi connectivity index (χ3v) is 7.12. The lowest BCUT2D eigenvalue weighted by Gasteiger charge is -2.33. The van der Waals surface area contributed by atoms with Crippen LogP contribution < -0.4 is 20.5 Å². The van der Waals surface area contributed by atoms with Gasteiger partial charge < -0.3 is 30.2 Å². The van der Waals surface area contributed by atoms with Crippen molar-refractivity contribution < 1.29 is 9.53 Å². The Balaban J connectivity index is 1.29. The van der Waals surface area contributed by atoms with E-state index in [1.807, 2.05) is 27.9 Å². The molecule has 3 aromatic heterocycles. The maximum atomic E-state index is 13.5. The fourth-order valence-corrected chi connectivity index (χ4v) is 5.17. The van der Waals surface area contributed by atoms with Gasteiger partial charge >= 0.3 is 0 Å². The Kier molecular flexibility index (Phi) is 6.56. The Hall–Kier alpha value is -3.44. The van der Waals surface area contributed by atoms with Crippen molar-refractivity contribution in [3.63, 3.8) is 0 Å². The number of rotatable bonds is 5. The molecule has 6 rings (SSSR count). The van der Waals surface area contributed by atoms with Gasteiger partial charge in [-0.25, -0.2) is 14.6 Å². The van der Waals surface area contributed by atoms with Gasteiger partial charge in [-0.05, 0) is 37.5 Å². The number of anilines is 3. The summed E-state index contributed by atoms with van der Waals surface area (Å²) in [5, 5.41) is 9.72. The van der Waals surface area contributed by atoms with E-state index in [2.05, 4.69) is 36.6 Å². The summed E-state index contributed by atoms with van der Waals surface area (Å²) in [6.07, 6.45) is 7.09. The van der Waals surface area contributed by atoms with Crippen LogP contribution in [0.2, 0.25) is 0 Å². The Bertz CT molecular complexity index is 1190. The van der Waals surface area contributed by atoms with E-state index >= 15 is 0 Å². The summed E-state index contributed by atoms with van der Waals surface area (Å²) in [5.74, 6) is 1.17.